The van der Waals surface area contributed by atoms with Gasteiger partial charge in [0.1, 0.15) is 17.5 Å². The van der Waals surface area contributed by atoms with E-state index in [1.807, 2.05) is 18.2 Å². The number of benzene rings is 1. The van der Waals surface area contributed by atoms with Gasteiger partial charge in [0, 0.05) is 30.1 Å². The van der Waals surface area contributed by atoms with Gasteiger partial charge in [-0.1, -0.05) is 32.0 Å². The molecule has 192 valence electrons. The van der Waals surface area contributed by atoms with Crippen LogP contribution in [0.25, 0.3) is 5.78 Å². The fraction of sp³-hybridized carbons (Fsp3) is 0.500. The van der Waals surface area contributed by atoms with Crippen LogP contribution in [0.5, 0.6) is 0 Å². The number of urea groups is 1. The van der Waals surface area contributed by atoms with E-state index in [9.17, 15) is 18.0 Å². The molecular weight excluding hydrogens is 475 g/mol. The van der Waals surface area contributed by atoms with E-state index in [4.69, 9.17) is 4.74 Å². The third kappa shape index (κ3) is 4.23. The molecule has 1 aromatic carbocycles. The summed E-state index contributed by atoms with van der Waals surface area (Å²) >= 11 is 0. The topological polar surface area (TPSA) is 87.9 Å². The summed E-state index contributed by atoms with van der Waals surface area (Å²) in [6, 6.07) is 3.20. The molecule has 1 N–H and O–H groups in total. The number of nitrogens with one attached hydrogen (secondary N) is 1. The fourth-order valence-electron chi connectivity index (χ4n) is 4.76. The molecular formula is C24H28F3N7O2. The van der Waals surface area contributed by atoms with E-state index in [2.05, 4.69) is 20.5 Å². The third-order valence-electron chi connectivity index (χ3n) is 6.66. The summed E-state index contributed by atoms with van der Waals surface area (Å²) in [6.45, 7) is 8.34. The predicted molar refractivity (Wildman–Crippen MR) is 125 cm³/mol. The molecule has 0 aliphatic carbocycles. The lowest BCUT2D eigenvalue weighted by Gasteiger charge is -2.30. The molecule has 1 saturated heterocycles. The van der Waals surface area contributed by atoms with Crippen LogP contribution in [-0.4, -0.2) is 61.7 Å². The van der Waals surface area contributed by atoms with Crippen LogP contribution >= 0.6 is 0 Å². The first-order valence-electron chi connectivity index (χ1n) is 12.0. The van der Waals surface area contributed by atoms with Crippen LogP contribution in [0, 0.1) is 5.82 Å². The second-order valence-corrected chi connectivity index (χ2v) is 9.39. The normalized spacial score (nSPS) is 16.8. The van der Waals surface area contributed by atoms with E-state index in [-0.39, 0.29) is 17.5 Å². The zero-order chi connectivity index (χ0) is 25.6. The van der Waals surface area contributed by atoms with Crippen molar-refractivity contribution in [2.24, 2.45) is 0 Å². The van der Waals surface area contributed by atoms with Gasteiger partial charge in [-0.15, -0.1) is 10.2 Å². The molecule has 5 rings (SSSR count). The van der Waals surface area contributed by atoms with Crippen molar-refractivity contribution in [3.8, 4) is 0 Å². The van der Waals surface area contributed by atoms with E-state index in [0.29, 0.717) is 51.0 Å². The second-order valence-electron chi connectivity index (χ2n) is 9.39. The molecule has 2 aliphatic rings. The number of carbonyl (C=O) groups is 1. The highest BCUT2D eigenvalue weighted by Crippen LogP contribution is 2.34. The monoisotopic (exact) mass is 503 g/mol. The number of alkyl halides is 2. The molecule has 2 amide bonds. The summed E-state index contributed by atoms with van der Waals surface area (Å²) in [7, 11) is 0. The Morgan fingerprint density at radius 2 is 1.78 bits per heavy atom. The SMILES string of the molecule is CC(C)c1nnc2nc(NC(C)c3cccc(C(F)F)c3F)c3c(n12)CN(C(=O)N1CCOCC1)C3. The van der Waals surface area contributed by atoms with E-state index < -0.39 is 23.8 Å². The highest BCUT2D eigenvalue weighted by Gasteiger charge is 2.34. The molecule has 1 unspecified atom stereocenters. The minimum atomic E-state index is -2.92. The Morgan fingerprint density at radius 3 is 2.47 bits per heavy atom. The van der Waals surface area contributed by atoms with Crippen molar-refractivity contribution in [3.63, 3.8) is 0 Å². The highest BCUT2D eigenvalue weighted by molar-refractivity contribution is 5.76. The maximum absolute atomic E-state index is 14.8. The lowest BCUT2D eigenvalue weighted by Crippen LogP contribution is -2.46. The average Bonchev–Trinajstić information content (AvgIpc) is 3.49. The number of halogens is 3. The number of rotatable bonds is 5. The molecule has 2 aliphatic heterocycles. The van der Waals surface area contributed by atoms with Crippen LogP contribution in [0.4, 0.5) is 23.8 Å². The van der Waals surface area contributed by atoms with Gasteiger partial charge in [-0.05, 0) is 6.92 Å². The molecule has 1 atom stereocenters. The Kier molecular flexibility index (Phi) is 6.45. The highest BCUT2D eigenvalue weighted by atomic mass is 19.3. The second kappa shape index (κ2) is 9.57. The van der Waals surface area contributed by atoms with Crippen molar-refractivity contribution in [2.45, 2.75) is 52.2 Å². The van der Waals surface area contributed by atoms with Crippen molar-refractivity contribution in [3.05, 3.63) is 52.2 Å². The Hall–Kier alpha value is -3.41. The van der Waals surface area contributed by atoms with Crippen molar-refractivity contribution in [1.82, 2.24) is 29.4 Å². The molecule has 0 radical (unpaired) electrons. The van der Waals surface area contributed by atoms with Crippen LogP contribution in [0.15, 0.2) is 18.2 Å². The summed E-state index contributed by atoms with van der Waals surface area (Å²) in [5, 5.41) is 11.7. The number of carbonyl (C=O) groups excluding carboxylic acids is 1. The molecule has 0 bridgehead atoms. The number of hydrogen-bond acceptors (Lipinski definition) is 6. The maximum Gasteiger partial charge on any atom is 0.320 e. The maximum atomic E-state index is 14.8. The van der Waals surface area contributed by atoms with Gasteiger partial charge in [0.05, 0.1) is 43.6 Å². The molecule has 12 heteroatoms. The molecule has 36 heavy (non-hydrogen) atoms. The lowest BCUT2D eigenvalue weighted by atomic mass is 10.0. The van der Waals surface area contributed by atoms with Gasteiger partial charge in [-0.3, -0.25) is 4.40 Å². The largest absolute Gasteiger partial charge is 0.378 e. The van der Waals surface area contributed by atoms with Gasteiger partial charge in [0.2, 0.25) is 0 Å². The summed E-state index contributed by atoms with van der Waals surface area (Å²) < 4.78 is 48.6. The molecule has 3 aromatic rings. The number of aromatic nitrogens is 4. The zero-order valence-corrected chi connectivity index (χ0v) is 20.3. The number of hydrogen-bond donors (Lipinski definition) is 1. The van der Waals surface area contributed by atoms with Gasteiger partial charge in [0.15, 0.2) is 0 Å². The Morgan fingerprint density at radius 1 is 1.06 bits per heavy atom. The molecule has 0 spiro atoms. The van der Waals surface area contributed by atoms with Gasteiger partial charge < -0.3 is 19.9 Å². The predicted octanol–water partition coefficient (Wildman–Crippen LogP) is 4.27. The van der Waals surface area contributed by atoms with Gasteiger partial charge in [-0.25, -0.2) is 18.0 Å². The quantitative estimate of drug-likeness (QED) is 0.560. The molecule has 2 aromatic heterocycles. The van der Waals surface area contributed by atoms with Crippen LogP contribution in [-0.2, 0) is 17.8 Å². The molecule has 0 saturated carbocycles. The zero-order valence-electron chi connectivity index (χ0n) is 20.3. The van der Waals surface area contributed by atoms with Crippen molar-refractivity contribution >= 4 is 17.6 Å². The Labute approximate surface area is 206 Å². The van der Waals surface area contributed by atoms with Crippen LogP contribution in [0.2, 0.25) is 0 Å². The number of fused-ring (bicyclic) bond motifs is 3. The molecule has 9 nitrogen and oxygen atoms in total. The summed E-state index contributed by atoms with van der Waals surface area (Å²) in [4.78, 5) is 21.4. The first-order chi connectivity index (χ1) is 17.3. The summed E-state index contributed by atoms with van der Waals surface area (Å²) in [5.74, 6) is 0.629. The first kappa shape index (κ1) is 24.3. The van der Waals surface area contributed by atoms with E-state index in [0.717, 1.165) is 23.1 Å². The average molecular weight is 504 g/mol. The van der Waals surface area contributed by atoms with Gasteiger partial charge in [0.25, 0.3) is 12.2 Å². The summed E-state index contributed by atoms with van der Waals surface area (Å²) in [6.07, 6.45) is -2.92. The Balaban J connectivity index is 1.52. The van der Waals surface area contributed by atoms with Crippen LogP contribution in [0.3, 0.4) is 0 Å². The number of nitrogens with zero attached hydrogens (tertiary/aromatic N) is 6. The number of morpholine rings is 1. The number of ether oxygens (including phenoxy) is 1. The standard InChI is InChI=1S/C24H28F3N7O2/c1-13(2)22-30-31-23-29-21(28-14(3)15-5-4-6-16(19(15)25)20(26)27)17-11-33(12-18(17)34(22)23)24(35)32-7-9-36-10-8-32/h4-6,13-14,20H,7-12H2,1-3H3,(H,28,29,31). The fourth-order valence-corrected chi connectivity index (χ4v) is 4.76. The lowest BCUT2D eigenvalue weighted by molar-refractivity contribution is 0.0429. The van der Waals surface area contributed by atoms with Crippen molar-refractivity contribution < 1.29 is 22.7 Å². The summed E-state index contributed by atoms with van der Waals surface area (Å²) in [5.41, 5.74) is 1.05. The smallest absolute Gasteiger partial charge is 0.320 e. The number of amides is 2. The van der Waals surface area contributed by atoms with Crippen LogP contribution in [0.1, 0.15) is 67.4 Å². The first-order valence-corrected chi connectivity index (χ1v) is 12.0. The van der Waals surface area contributed by atoms with E-state index in [1.54, 1.807) is 16.7 Å². The Bertz CT molecular complexity index is 1290. The van der Waals surface area contributed by atoms with E-state index >= 15 is 0 Å². The molecule has 4 heterocycles. The third-order valence-corrected chi connectivity index (χ3v) is 6.66. The molecule has 1 fully saturated rings. The number of anilines is 1. The minimum Gasteiger partial charge on any atom is -0.378 e. The van der Waals surface area contributed by atoms with E-state index in [1.165, 1.54) is 12.1 Å². The van der Waals surface area contributed by atoms with Crippen molar-refractivity contribution in [1.29, 1.82) is 0 Å². The van der Waals surface area contributed by atoms with Crippen LogP contribution < -0.4 is 5.32 Å². The van der Waals surface area contributed by atoms with Gasteiger partial charge in [-0.2, -0.15) is 4.98 Å². The minimum absolute atomic E-state index is 0.0683. The van der Waals surface area contributed by atoms with Crippen molar-refractivity contribution in [2.75, 3.05) is 31.6 Å². The van der Waals surface area contributed by atoms with Gasteiger partial charge >= 0.3 is 6.03 Å².